The lowest BCUT2D eigenvalue weighted by molar-refractivity contribution is -0.122. The number of hydrogen-bond donors (Lipinski definition) is 2. The van der Waals surface area contributed by atoms with Crippen molar-refractivity contribution in [3.63, 3.8) is 0 Å². The van der Waals surface area contributed by atoms with Gasteiger partial charge in [-0.15, -0.1) is 11.3 Å². The van der Waals surface area contributed by atoms with Crippen LogP contribution in [-0.4, -0.2) is 17.9 Å². The first-order valence-electron chi connectivity index (χ1n) is 8.59. The van der Waals surface area contributed by atoms with Crippen LogP contribution in [0, 0.1) is 20.8 Å². The van der Waals surface area contributed by atoms with Crippen molar-refractivity contribution in [1.82, 2.24) is 0 Å². The third-order valence-electron chi connectivity index (χ3n) is 4.33. The monoisotopic (exact) mass is 374 g/mol. The number of ether oxygens (including phenoxy) is 1. The summed E-state index contributed by atoms with van der Waals surface area (Å²) in [7, 11) is 0. The molecule has 0 aliphatic heterocycles. The van der Waals surface area contributed by atoms with E-state index in [1.165, 1.54) is 11.3 Å². The smallest absolute Gasteiger partial charge is 0.265 e. The van der Waals surface area contributed by atoms with E-state index < -0.39 is 12.0 Å². The number of amides is 2. The van der Waals surface area contributed by atoms with Gasteiger partial charge in [0.15, 0.2) is 6.10 Å². The highest BCUT2D eigenvalue weighted by molar-refractivity contribution is 7.16. The number of nitrogens with one attached hydrogen (secondary N) is 1. The van der Waals surface area contributed by atoms with Gasteiger partial charge in [0, 0.05) is 4.88 Å². The van der Waals surface area contributed by atoms with Gasteiger partial charge < -0.3 is 15.8 Å². The Bertz CT molecular complexity index is 840. The Hall–Kier alpha value is -2.34. The summed E-state index contributed by atoms with van der Waals surface area (Å²) in [5.74, 6) is 0.127. The molecule has 3 N–H and O–H groups in total. The van der Waals surface area contributed by atoms with E-state index in [9.17, 15) is 9.59 Å². The van der Waals surface area contributed by atoms with Crippen molar-refractivity contribution in [2.45, 2.75) is 53.6 Å². The van der Waals surface area contributed by atoms with Crippen molar-refractivity contribution < 1.29 is 14.3 Å². The first-order chi connectivity index (χ1) is 12.1. The summed E-state index contributed by atoms with van der Waals surface area (Å²) in [6, 6.07) is 5.99. The lowest BCUT2D eigenvalue weighted by Crippen LogP contribution is -2.31. The fraction of sp³-hybridized carbons (Fsp3) is 0.400. The first kappa shape index (κ1) is 20.0. The zero-order valence-electron chi connectivity index (χ0n) is 16.1. The number of hydrogen-bond acceptors (Lipinski definition) is 4. The zero-order valence-corrected chi connectivity index (χ0v) is 16.9. The molecule has 0 radical (unpaired) electrons. The van der Waals surface area contributed by atoms with E-state index in [0.717, 1.165) is 21.6 Å². The predicted octanol–water partition coefficient (Wildman–Crippen LogP) is 4.30. The van der Waals surface area contributed by atoms with Gasteiger partial charge in [-0.25, -0.2) is 0 Å². The average Bonchev–Trinajstić information content (AvgIpc) is 2.81. The highest BCUT2D eigenvalue weighted by Gasteiger charge is 2.23. The van der Waals surface area contributed by atoms with Crippen LogP contribution in [0.5, 0.6) is 5.75 Å². The number of primary amides is 1. The van der Waals surface area contributed by atoms with Crippen LogP contribution in [0.4, 0.5) is 5.00 Å². The first-order valence-corrected chi connectivity index (χ1v) is 9.41. The van der Waals surface area contributed by atoms with Crippen LogP contribution in [0.3, 0.4) is 0 Å². The maximum absolute atomic E-state index is 12.6. The summed E-state index contributed by atoms with van der Waals surface area (Å²) in [5.41, 5.74) is 8.74. The molecule has 0 saturated heterocycles. The molecule has 1 unspecified atom stereocenters. The summed E-state index contributed by atoms with van der Waals surface area (Å²) in [6.45, 7) is 11.6. The Morgan fingerprint density at radius 3 is 2.38 bits per heavy atom. The van der Waals surface area contributed by atoms with Crippen molar-refractivity contribution in [2.24, 2.45) is 5.73 Å². The summed E-state index contributed by atoms with van der Waals surface area (Å²) >= 11 is 1.34. The van der Waals surface area contributed by atoms with Gasteiger partial charge in [-0.2, -0.15) is 0 Å². The molecule has 140 valence electrons. The molecule has 0 aliphatic rings. The molecular formula is C20H26N2O3S. The summed E-state index contributed by atoms with van der Waals surface area (Å²) < 4.78 is 5.94. The largest absolute Gasteiger partial charge is 0.481 e. The van der Waals surface area contributed by atoms with Crippen LogP contribution in [0.2, 0.25) is 0 Å². The summed E-state index contributed by atoms with van der Waals surface area (Å²) in [4.78, 5) is 25.2. The van der Waals surface area contributed by atoms with Crippen LogP contribution in [0.1, 0.15) is 58.6 Å². The molecule has 5 nitrogen and oxygen atoms in total. The molecule has 1 heterocycles. The van der Waals surface area contributed by atoms with E-state index >= 15 is 0 Å². The van der Waals surface area contributed by atoms with Gasteiger partial charge in [0.05, 0.1) is 5.56 Å². The Morgan fingerprint density at radius 2 is 1.81 bits per heavy atom. The number of benzene rings is 1. The van der Waals surface area contributed by atoms with Crippen molar-refractivity contribution in [3.05, 3.63) is 45.3 Å². The zero-order chi connectivity index (χ0) is 19.6. The normalized spacial score (nSPS) is 12.1. The molecule has 0 fully saturated rings. The number of anilines is 1. The van der Waals surface area contributed by atoms with E-state index in [2.05, 4.69) is 19.2 Å². The van der Waals surface area contributed by atoms with Crippen LogP contribution in [0.25, 0.3) is 0 Å². The molecule has 0 bridgehead atoms. The molecule has 6 heteroatoms. The van der Waals surface area contributed by atoms with E-state index in [4.69, 9.17) is 10.5 Å². The Kier molecular flexibility index (Phi) is 6.08. The topological polar surface area (TPSA) is 81.4 Å². The maximum Gasteiger partial charge on any atom is 0.265 e. The van der Waals surface area contributed by atoms with Crippen molar-refractivity contribution in [2.75, 3.05) is 5.32 Å². The van der Waals surface area contributed by atoms with Gasteiger partial charge in [0.1, 0.15) is 10.8 Å². The number of rotatable bonds is 6. The van der Waals surface area contributed by atoms with Gasteiger partial charge in [-0.3, -0.25) is 9.59 Å². The van der Waals surface area contributed by atoms with Gasteiger partial charge in [0.2, 0.25) is 0 Å². The molecule has 2 rings (SSSR count). The highest BCUT2D eigenvalue weighted by Crippen LogP contribution is 2.33. The third kappa shape index (κ3) is 4.25. The predicted molar refractivity (Wildman–Crippen MR) is 106 cm³/mol. The lowest BCUT2D eigenvalue weighted by atomic mass is 10.0. The Balaban J connectivity index is 2.21. The molecule has 1 aromatic carbocycles. The molecule has 0 spiro atoms. The molecule has 2 amide bonds. The van der Waals surface area contributed by atoms with Gasteiger partial charge in [-0.1, -0.05) is 26.0 Å². The second-order valence-electron chi connectivity index (χ2n) is 6.80. The number of aryl methyl sites for hydroxylation is 2. The van der Waals surface area contributed by atoms with Crippen molar-refractivity contribution in [1.29, 1.82) is 0 Å². The fourth-order valence-electron chi connectivity index (χ4n) is 2.69. The maximum atomic E-state index is 12.6. The van der Waals surface area contributed by atoms with Crippen molar-refractivity contribution >= 4 is 28.2 Å². The van der Waals surface area contributed by atoms with Gasteiger partial charge >= 0.3 is 0 Å². The minimum absolute atomic E-state index is 0.282. The minimum Gasteiger partial charge on any atom is -0.481 e. The molecule has 1 aromatic heterocycles. The minimum atomic E-state index is -0.710. The number of thiophene rings is 1. The average molecular weight is 375 g/mol. The Morgan fingerprint density at radius 1 is 1.15 bits per heavy atom. The van der Waals surface area contributed by atoms with E-state index in [1.807, 2.05) is 39.0 Å². The molecule has 0 aliphatic carbocycles. The SMILES string of the molecule is Cc1ccc(C(C)C)c(OC(C)C(=O)Nc2sc(C)c(C)c2C(N)=O)c1. The molecule has 0 saturated carbocycles. The highest BCUT2D eigenvalue weighted by atomic mass is 32.1. The van der Waals surface area contributed by atoms with Crippen LogP contribution in [-0.2, 0) is 4.79 Å². The molecule has 1 atom stereocenters. The van der Waals surface area contributed by atoms with Gasteiger partial charge in [-0.05, 0) is 56.4 Å². The van der Waals surface area contributed by atoms with E-state index in [-0.39, 0.29) is 11.8 Å². The number of carbonyl (C=O) groups excluding carboxylic acids is 2. The van der Waals surface area contributed by atoms with Crippen LogP contribution < -0.4 is 15.8 Å². The Labute approximate surface area is 158 Å². The molecule has 2 aromatic rings. The second-order valence-corrected chi connectivity index (χ2v) is 8.02. The third-order valence-corrected chi connectivity index (χ3v) is 5.46. The number of nitrogens with two attached hydrogens (primary N) is 1. The van der Waals surface area contributed by atoms with E-state index in [1.54, 1.807) is 6.92 Å². The summed E-state index contributed by atoms with van der Waals surface area (Å²) in [6.07, 6.45) is -0.710. The number of carbonyl (C=O) groups is 2. The lowest BCUT2D eigenvalue weighted by Gasteiger charge is -2.19. The quantitative estimate of drug-likeness (QED) is 0.791. The van der Waals surface area contributed by atoms with Crippen LogP contribution >= 0.6 is 11.3 Å². The van der Waals surface area contributed by atoms with Crippen LogP contribution in [0.15, 0.2) is 18.2 Å². The van der Waals surface area contributed by atoms with E-state index in [0.29, 0.717) is 16.3 Å². The fourth-order valence-corrected chi connectivity index (χ4v) is 3.76. The summed E-state index contributed by atoms with van der Waals surface area (Å²) in [5, 5.41) is 3.26. The standard InChI is InChI=1S/C20H26N2O3S/c1-10(2)15-8-7-11(3)9-16(15)25-13(5)19(24)22-20-17(18(21)23)12(4)14(6)26-20/h7-10,13H,1-6H3,(H2,21,23)(H,22,24). The molecular weight excluding hydrogens is 348 g/mol. The second kappa shape index (κ2) is 7.91. The molecule has 26 heavy (non-hydrogen) atoms. The van der Waals surface area contributed by atoms with Crippen molar-refractivity contribution in [3.8, 4) is 5.75 Å². The van der Waals surface area contributed by atoms with Gasteiger partial charge in [0.25, 0.3) is 11.8 Å².